The molecule has 1 saturated carbocycles. The Morgan fingerprint density at radius 3 is 3.00 bits per heavy atom. The highest BCUT2D eigenvalue weighted by atomic mass is 32.1. The first-order valence-corrected chi connectivity index (χ1v) is 6.20. The van der Waals surface area contributed by atoms with E-state index >= 15 is 0 Å². The van der Waals surface area contributed by atoms with Crippen molar-refractivity contribution in [3.8, 4) is 0 Å². The molecule has 0 aliphatic heterocycles. The predicted molar refractivity (Wildman–Crippen MR) is 60.6 cm³/mol. The molecule has 0 amide bonds. The third-order valence-electron chi connectivity index (χ3n) is 3.01. The molecule has 2 nitrogen and oxygen atoms in total. The fourth-order valence-corrected chi connectivity index (χ4v) is 2.42. The molecule has 1 heterocycles. The molecule has 0 N–H and O–H groups in total. The molecule has 14 heavy (non-hydrogen) atoms. The van der Waals surface area contributed by atoms with Crippen LogP contribution in [0.25, 0.3) is 0 Å². The van der Waals surface area contributed by atoms with Gasteiger partial charge in [-0.15, -0.1) is 11.3 Å². The van der Waals surface area contributed by atoms with Crippen LogP contribution in [0, 0.1) is 11.8 Å². The lowest BCUT2D eigenvalue weighted by Crippen LogP contribution is -2.23. The van der Waals surface area contributed by atoms with Gasteiger partial charge >= 0.3 is 0 Å². The quantitative estimate of drug-likeness (QED) is 0.741. The van der Waals surface area contributed by atoms with Crippen molar-refractivity contribution in [3.05, 3.63) is 16.6 Å². The van der Waals surface area contributed by atoms with E-state index in [1.807, 2.05) is 6.20 Å². The summed E-state index contributed by atoms with van der Waals surface area (Å²) in [4.78, 5) is 6.73. The normalized spacial score (nSPS) is 25.6. The van der Waals surface area contributed by atoms with E-state index in [1.54, 1.807) is 11.3 Å². The first kappa shape index (κ1) is 10.1. The first-order chi connectivity index (χ1) is 6.75. The van der Waals surface area contributed by atoms with E-state index in [0.29, 0.717) is 0 Å². The molecule has 1 fully saturated rings. The zero-order chi connectivity index (χ0) is 9.97. The molecule has 0 radical (unpaired) electrons. The maximum absolute atomic E-state index is 4.29. The van der Waals surface area contributed by atoms with Crippen molar-refractivity contribution in [1.29, 1.82) is 0 Å². The van der Waals surface area contributed by atoms with Crippen LogP contribution >= 0.6 is 11.3 Å². The van der Waals surface area contributed by atoms with Crippen molar-refractivity contribution in [2.45, 2.75) is 19.8 Å². The third kappa shape index (κ3) is 2.79. The van der Waals surface area contributed by atoms with Crippen LogP contribution in [0.15, 0.2) is 11.6 Å². The van der Waals surface area contributed by atoms with Gasteiger partial charge in [-0.1, -0.05) is 6.92 Å². The first-order valence-electron chi connectivity index (χ1n) is 5.32. The van der Waals surface area contributed by atoms with Crippen LogP contribution in [0.2, 0.25) is 0 Å². The highest BCUT2D eigenvalue weighted by Crippen LogP contribution is 2.37. The van der Waals surface area contributed by atoms with E-state index < -0.39 is 0 Å². The fraction of sp³-hybridized carbons (Fsp3) is 0.727. The number of likely N-dealkylation sites (N-methyl/N-ethyl adjacent to an activating group) is 1. The summed E-state index contributed by atoms with van der Waals surface area (Å²) >= 11 is 1.76. The highest BCUT2D eigenvalue weighted by molar-refractivity contribution is 7.09. The van der Waals surface area contributed by atoms with Crippen molar-refractivity contribution in [2.24, 2.45) is 11.8 Å². The van der Waals surface area contributed by atoms with Crippen LogP contribution in [-0.2, 0) is 6.42 Å². The summed E-state index contributed by atoms with van der Waals surface area (Å²) in [5, 5.41) is 3.32. The van der Waals surface area contributed by atoms with E-state index in [9.17, 15) is 0 Å². The molecule has 2 atom stereocenters. The highest BCUT2D eigenvalue weighted by Gasteiger charge is 2.32. The van der Waals surface area contributed by atoms with Gasteiger partial charge in [0, 0.05) is 31.1 Å². The van der Waals surface area contributed by atoms with Gasteiger partial charge in [0.2, 0.25) is 0 Å². The third-order valence-corrected chi connectivity index (χ3v) is 3.85. The summed E-state index contributed by atoms with van der Waals surface area (Å²) in [5.41, 5.74) is 0. The second-order valence-electron chi connectivity index (χ2n) is 4.41. The molecule has 0 bridgehead atoms. The van der Waals surface area contributed by atoms with Gasteiger partial charge in [0.15, 0.2) is 0 Å². The summed E-state index contributed by atoms with van der Waals surface area (Å²) < 4.78 is 0. The molecular weight excluding hydrogens is 192 g/mol. The molecule has 0 spiro atoms. The van der Waals surface area contributed by atoms with Crippen LogP contribution in [0.1, 0.15) is 18.4 Å². The monoisotopic (exact) mass is 210 g/mol. The zero-order valence-corrected chi connectivity index (χ0v) is 9.76. The van der Waals surface area contributed by atoms with Gasteiger partial charge in [0.1, 0.15) is 0 Å². The maximum atomic E-state index is 4.29. The molecule has 0 aromatic carbocycles. The lowest BCUT2D eigenvalue weighted by Gasteiger charge is -2.15. The molecule has 1 aromatic rings. The van der Waals surface area contributed by atoms with Crippen molar-refractivity contribution in [2.75, 3.05) is 20.1 Å². The lowest BCUT2D eigenvalue weighted by molar-refractivity contribution is 0.318. The number of hydrogen-bond acceptors (Lipinski definition) is 3. The van der Waals surface area contributed by atoms with Gasteiger partial charge < -0.3 is 4.90 Å². The number of rotatable bonds is 5. The van der Waals surface area contributed by atoms with Gasteiger partial charge in [-0.2, -0.15) is 0 Å². The molecule has 0 saturated heterocycles. The van der Waals surface area contributed by atoms with E-state index in [2.05, 4.69) is 29.2 Å². The zero-order valence-electron chi connectivity index (χ0n) is 8.94. The topological polar surface area (TPSA) is 16.1 Å². The van der Waals surface area contributed by atoms with Crippen LogP contribution in [0.5, 0.6) is 0 Å². The Hall–Kier alpha value is -0.410. The largest absolute Gasteiger partial charge is 0.306 e. The fourth-order valence-electron chi connectivity index (χ4n) is 1.81. The minimum absolute atomic E-state index is 0.969. The lowest BCUT2D eigenvalue weighted by atomic mass is 10.3. The van der Waals surface area contributed by atoms with E-state index in [4.69, 9.17) is 0 Å². The number of nitrogens with zero attached hydrogens (tertiary/aromatic N) is 2. The smallest absolute Gasteiger partial charge is 0.0937 e. The Balaban J connectivity index is 1.65. The number of thiazole rings is 1. The molecule has 1 aromatic heterocycles. The minimum Gasteiger partial charge on any atom is -0.306 e. The van der Waals surface area contributed by atoms with Crippen molar-refractivity contribution >= 4 is 11.3 Å². The average Bonchev–Trinajstić information content (AvgIpc) is 2.71. The molecule has 2 rings (SSSR count). The summed E-state index contributed by atoms with van der Waals surface area (Å²) in [6.45, 7) is 4.77. The summed E-state index contributed by atoms with van der Waals surface area (Å²) in [6.07, 6.45) is 4.43. The molecular formula is C11H18N2S. The Morgan fingerprint density at radius 2 is 2.43 bits per heavy atom. The molecule has 0 unspecified atom stereocenters. The summed E-state index contributed by atoms with van der Waals surface area (Å²) in [7, 11) is 2.22. The van der Waals surface area contributed by atoms with Gasteiger partial charge in [-0.3, -0.25) is 0 Å². The molecule has 3 heteroatoms. The molecule has 78 valence electrons. The van der Waals surface area contributed by atoms with Gasteiger partial charge in [-0.05, 0) is 25.3 Å². The van der Waals surface area contributed by atoms with Crippen LogP contribution in [-0.4, -0.2) is 30.0 Å². The summed E-state index contributed by atoms with van der Waals surface area (Å²) in [6, 6.07) is 0. The van der Waals surface area contributed by atoms with Crippen molar-refractivity contribution in [1.82, 2.24) is 9.88 Å². The second kappa shape index (κ2) is 4.41. The molecule has 1 aliphatic rings. The van der Waals surface area contributed by atoms with E-state index in [-0.39, 0.29) is 0 Å². The Bertz CT molecular complexity index is 271. The number of hydrogen-bond donors (Lipinski definition) is 0. The van der Waals surface area contributed by atoms with Gasteiger partial charge in [-0.25, -0.2) is 4.98 Å². The van der Waals surface area contributed by atoms with Crippen molar-refractivity contribution < 1.29 is 0 Å². The predicted octanol–water partition coefficient (Wildman–Crippen LogP) is 2.27. The minimum atomic E-state index is 0.969. The van der Waals surface area contributed by atoms with E-state index in [1.165, 1.54) is 18.0 Å². The van der Waals surface area contributed by atoms with Crippen LogP contribution in [0.3, 0.4) is 0 Å². The van der Waals surface area contributed by atoms with Gasteiger partial charge in [0.25, 0.3) is 0 Å². The SMILES string of the molecule is C[C@@H]1C[C@H]1CN(C)CCc1nccs1. The second-order valence-corrected chi connectivity index (χ2v) is 5.39. The average molecular weight is 210 g/mol. The van der Waals surface area contributed by atoms with E-state index in [0.717, 1.165) is 24.8 Å². The Morgan fingerprint density at radius 1 is 1.64 bits per heavy atom. The maximum Gasteiger partial charge on any atom is 0.0937 e. The van der Waals surface area contributed by atoms with Crippen molar-refractivity contribution in [3.63, 3.8) is 0 Å². The molecule has 1 aliphatic carbocycles. The standard InChI is InChI=1S/C11H18N2S/c1-9-7-10(9)8-13(2)5-3-11-12-4-6-14-11/h4,6,9-10H,3,5,7-8H2,1-2H3/t9-,10+/m1/s1. The van der Waals surface area contributed by atoms with Crippen LogP contribution < -0.4 is 0 Å². The summed E-state index contributed by atoms with van der Waals surface area (Å²) in [5.74, 6) is 1.94. The van der Waals surface area contributed by atoms with Crippen LogP contribution in [0.4, 0.5) is 0 Å². The number of aromatic nitrogens is 1. The van der Waals surface area contributed by atoms with Gasteiger partial charge in [0.05, 0.1) is 5.01 Å². The Labute approximate surface area is 90.0 Å². The Kier molecular flexibility index (Phi) is 3.19.